The van der Waals surface area contributed by atoms with E-state index in [1.807, 2.05) is 17.5 Å². The highest BCUT2D eigenvalue weighted by atomic mass is 32.1. The van der Waals surface area contributed by atoms with E-state index in [1.54, 1.807) is 0 Å². The Bertz CT molecular complexity index is 337. The maximum atomic E-state index is 12.0. The van der Waals surface area contributed by atoms with Crippen LogP contribution in [0.2, 0.25) is 0 Å². The van der Waals surface area contributed by atoms with Crippen molar-refractivity contribution in [1.29, 1.82) is 0 Å². The first kappa shape index (κ1) is 11.8. The lowest BCUT2D eigenvalue weighted by Gasteiger charge is -2.34. The number of Topliss-reactive ketones (excluding diaryl/α,β-unsaturated/α-hetero) is 1. The molecule has 1 fully saturated rings. The lowest BCUT2D eigenvalue weighted by atomic mass is 10.0. The third-order valence-electron chi connectivity index (χ3n) is 3.16. The number of rotatable bonds is 4. The summed E-state index contributed by atoms with van der Waals surface area (Å²) in [4.78, 5) is 15.1. The van der Waals surface area contributed by atoms with Gasteiger partial charge in [-0.1, -0.05) is 12.5 Å². The largest absolute Gasteiger partial charge is 0.329 e. The smallest absolute Gasteiger partial charge is 0.186 e. The zero-order chi connectivity index (χ0) is 11.4. The van der Waals surface area contributed by atoms with E-state index in [0.29, 0.717) is 19.1 Å². The van der Waals surface area contributed by atoms with E-state index in [-0.39, 0.29) is 5.78 Å². The van der Waals surface area contributed by atoms with Crippen molar-refractivity contribution in [3.63, 3.8) is 0 Å². The van der Waals surface area contributed by atoms with E-state index < -0.39 is 0 Å². The van der Waals surface area contributed by atoms with Gasteiger partial charge < -0.3 is 5.73 Å². The highest BCUT2D eigenvalue weighted by Crippen LogP contribution is 2.17. The van der Waals surface area contributed by atoms with Crippen molar-refractivity contribution in [2.24, 2.45) is 5.73 Å². The van der Waals surface area contributed by atoms with Gasteiger partial charge in [-0.15, -0.1) is 11.3 Å². The summed E-state index contributed by atoms with van der Waals surface area (Å²) in [5.41, 5.74) is 5.74. The second kappa shape index (κ2) is 5.57. The number of hydrogen-bond acceptors (Lipinski definition) is 4. The minimum absolute atomic E-state index is 0.232. The van der Waals surface area contributed by atoms with Gasteiger partial charge in [0.1, 0.15) is 0 Å². The average Bonchev–Trinajstić information content (AvgIpc) is 2.83. The normalized spacial score (nSPS) is 22.2. The number of nitrogens with zero attached hydrogens (tertiary/aromatic N) is 1. The van der Waals surface area contributed by atoms with Gasteiger partial charge in [-0.05, 0) is 30.8 Å². The summed E-state index contributed by atoms with van der Waals surface area (Å²) in [6, 6.07) is 4.22. The van der Waals surface area contributed by atoms with Crippen LogP contribution in [0.5, 0.6) is 0 Å². The molecule has 0 unspecified atom stereocenters. The van der Waals surface area contributed by atoms with Crippen LogP contribution in [-0.2, 0) is 0 Å². The highest BCUT2D eigenvalue weighted by molar-refractivity contribution is 7.12. The van der Waals surface area contributed by atoms with Gasteiger partial charge in [-0.2, -0.15) is 0 Å². The fraction of sp³-hybridized carbons (Fsp3) is 0.583. The molecule has 2 rings (SSSR count). The van der Waals surface area contributed by atoms with Gasteiger partial charge in [-0.3, -0.25) is 9.69 Å². The molecule has 0 spiro atoms. The lowest BCUT2D eigenvalue weighted by Crippen LogP contribution is -2.46. The van der Waals surface area contributed by atoms with Crippen molar-refractivity contribution in [2.75, 3.05) is 19.6 Å². The molecule has 1 saturated heterocycles. The van der Waals surface area contributed by atoms with Gasteiger partial charge in [0.25, 0.3) is 0 Å². The fourth-order valence-corrected chi connectivity index (χ4v) is 2.89. The second-order valence-corrected chi connectivity index (χ2v) is 5.20. The fourth-order valence-electron chi connectivity index (χ4n) is 2.23. The number of hydrogen-bond donors (Lipinski definition) is 1. The molecule has 0 aromatic carbocycles. The molecule has 0 bridgehead atoms. The van der Waals surface area contributed by atoms with Gasteiger partial charge in [-0.25, -0.2) is 0 Å². The summed E-state index contributed by atoms with van der Waals surface area (Å²) >= 11 is 1.52. The van der Waals surface area contributed by atoms with Crippen molar-refractivity contribution in [2.45, 2.75) is 25.3 Å². The van der Waals surface area contributed by atoms with E-state index in [2.05, 4.69) is 4.90 Å². The molecule has 2 heterocycles. The van der Waals surface area contributed by atoms with Crippen molar-refractivity contribution < 1.29 is 4.79 Å². The number of nitrogens with two attached hydrogens (primary N) is 1. The SMILES string of the molecule is NC[C@H]1CCCCN1CC(=O)c1cccs1. The summed E-state index contributed by atoms with van der Waals surface area (Å²) in [5.74, 6) is 0.232. The number of thiophene rings is 1. The first-order valence-electron chi connectivity index (χ1n) is 5.82. The minimum atomic E-state index is 0.232. The molecule has 88 valence electrons. The van der Waals surface area contributed by atoms with Crippen molar-refractivity contribution in [3.05, 3.63) is 22.4 Å². The van der Waals surface area contributed by atoms with Crippen LogP contribution in [0.1, 0.15) is 28.9 Å². The molecule has 16 heavy (non-hydrogen) atoms. The summed E-state index contributed by atoms with van der Waals surface area (Å²) < 4.78 is 0. The van der Waals surface area contributed by atoms with Gasteiger partial charge in [0.2, 0.25) is 0 Å². The molecule has 1 aliphatic rings. The summed E-state index contributed by atoms with van der Waals surface area (Å²) in [6.45, 7) is 2.21. The van der Waals surface area contributed by atoms with Gasteiger partial charge in [0.15, 0.2) is 5.78 Å². The molecule has 0 aliphatic carbocycles. The monoisotopic (exact) mass is 238 g/mol. The Morgan fingerprint density at radius 1 is 1.56 bits per heavy atom. The lowest BCUT2D eigenvalue weighted by molar-refractivity contribution is 0.0855. The molecule has 0 radical (unpaired) electrons. The zero-order valence-corrected chi connectivity index (χ0v) is 10.2. The second-order valence-electron chi connectivity index (χ2n) is 4.26. The van der Waals surface area contributed by atoms with Crippen LogP contribution in [0, 0.1) is 0 Å². The van der Waals surface area contributed by atoms with Crippen LogP contribution in [0.15, 0.2) is 17.5 Å². The van der Waals surface area contributed by atoms with Crippen LogP contribution < -0.4 is 5.73 Å². The predicted molar refractivity (Wildman–Crippen MR) is 66.9 cm³/mol. The summed E-state index contributed by atoms with van der Waals surface area (Å²) in [5, 5.41) is 1.95. The van der Waals surface area contributed by atoms with Gasteiger partial charge >= 0.3 is 0 Å². The van der Waals surface area contributed by atoms with Crippen LogP contribution in [-0.4, -0.2) is 36.4 Å². The Labute approximate surface area is 100 Å². The standard InChI is InChI=1S/C12H18N2OS/c13-8-10-4-1-2-6-14(10)9-11(15)12-5-3-7-16-12/h3,5,7,10H,1-2,4,6,8-9,13H2/t10-/m1/s1. The molecular weight excluding hydrogens is 220 g/mol. The Hall–Kier alpha value is -0.710. The predicted octanol–water partition coefficient (Wildman–Crippen LogP) is 1.74. The third-order valence-corrected chi connectivity index (χ3v) is 4.07. The first-order valence-corrected chi connectivity index (χ1v) is 6.70. The van der Waals surface area contributed by atoms with E-state index >= 15 is 0 Å². The van der Waals surface area contributed by atoms with E-state index in [9.17, 15) is 4.79 Å². The Kier molecular flexibility index (Phi) is 4.09. The van der Waals surface area contributed by atoms with Crippen molar-refractivity contribution in [1.82, 2.24) is 4.90 Å². The molecule has 0 saturated carbocycles. The molecule has 2 N–H and O–H groups in total. The van der Waals surface area contributed by atoms with Gasteiger partial charge in [0.05, 0.1) is 11.4 Å². The zero-order valence-electron chi connectivity index (χ0n) is 9.39. The molecule has 1 aromatic rings. The van der Waals surface area contributed by atoms with Crippen LogP contribution >= 0.6 is 11.3 Å². The third kappa shape index (κ3) is 2.70. The van der Waals surface area contributed by atoms with E-state index in [0.717, 1.165) is 17.8 Å². The number of carbonyl (C=O) groups is 1. The summed E-state index contributed by atoms with van der Waals surface area (Å²) in [6.07, 6.45) is 3.56. The first-order chi connectivity index (χ1) is 7.81. The molecule has 1 aromatic heterocycles. The average molecular weight is 238 g/mol. The van der Waals surface area contributed by atoms with E-state index in [1.165, 1.54) is 24.2 Å². The number of ketones is 1. The molecule has 1 aliphatic heterocycles. The van der Waals surface area contributed by atoms with Crippen molar-refractivity contribution >= 4 is 17.1 Å². The number of piperidine rings is 1. The van der Waals surface area contributed by atoms with E-state index in [4.69, 9.17) is 5.73 Å². The van der Waals surface area contributed by atoms with Crippen LogP contribution in [0.3, 0.4) is 0 Å². The topological polar surface area (TPSA) is 46.3 Å². The Morgan fingerprint density at radius 3 is 3.12 bits per heavy atom. The summed E-state index contributed by atoms with van der Waals surface area (Å²) in [7, 11) is 0. The number of likely N-dealkylation sites (tertiary alicyclic amines) is 1. The van der Waals surface area contributed by atoms with Crippen molar-refractivity contribution in [3.8, 4) is 0 Å². The maximum absolute atomic E-state index is 12.0. The molecule has 1 atom stereocenters. The Balaban J connectivity index is 1.95. The van der Waals surface area contributed by atoms with Gasteiger partial charge in [0, 0.05) is 12.6 Å². The van der Waals surface area contributed by atoms with Crippen LogP contribution in [0.4, 0.5) is 0 Å². The maximum Gasteiger partial charge on any atom is 0.186 e. The van der Waals surface area contributed by atoms with Crippen LogP contribution in [0.25, 0.3) is 0 Å². The Morgan fingerprint density at radius 2 is 2.44 bits per heavy atom. The molecule has 4 heteroatoms. The quantitative estimate of drug-likeness (QED) is 0.813. The molecular formula is C12H18N2OS. The molecule has 3 nitrogen and oxygen atoms in total. The number of carbonyl (C=O) groups excluding carboxylic acids is 1. The molecule has 0 amide bonds. The minimum Gasteiger partial charge on any atom is -0.329 e. The highest BCUT2D eigenvalue weighted by Gasteiger charge is 2.23.